The first kappa shape index (κ1) is 18.7. The van der Waals surface area contributed by atoms with Crippen LogP contribution in [0.3, 0.4) is 0 Å². The number of halogens is 3. The Balaban J connectivity index is 1.65. The average Bonchev–Trinajstić information content (AvgIpc) is 2.67. The molecule has 27 heavy (non-hydrogen) atoms. The molecule has 0 saturated carbocycles. The van der Waals surface area contributed by atoms with E-state index < -0.39 is 17.6 Å². The summed E-state index contributed by atoms with van der Waals surface area (Å²) in [4.78, 5) is 31.0. The largest absolute Gasteiger partial charge is 0.416 e. The first-order valence-corrected chi connectivity index (χ1v) is 8.23. The van der Waals surface area contributed by atoms with Gasteiger partial charge >= 0.3 is 6.18 Å². The number of hydrogen-bond donors (Lipinski definition) is 1. The Bertz CT molecular complexity index is 844. The number of aromatic nitrogens is 1. The molecule has 9 heteroatoms. The number of carbonyl (C=O) groups is 2. The smallest absolute Gasteiger partial charge is 0.366 e. The molecule has 3 rings (SSSR count). The predicted molar refractivity (Wildman–Crippen MR) is 92.3 cm³/mol. The van der Waals surface area contributed by atoms with E-state index in [2.05, 4.69) is 4.98 Å². The Hall–Kier alpha value is -3.10. The Morgan fingerprint density at radius 1 is 0.963 bits per heavy atom. The molecule has 1 aromatic heterocycles. The highest BCUT2D eigenvalue weighted by atomic mass is 19.4. The van der Waals surface area contributed by atoms with Crippen LogP contribution < -0.4 is 10.6 Å². The number of pyridine rings is 1. The van der Waals surface area contributed by atoms with Crippen molar-refractivity contribution in [3.63, 3.8) is 0 Å². The first-order chi connectivity index (χ1) is 12.8. The van der Waals surface area contributed by atoms with E-state index in [1.807, 2.05) is 0 Å². The van der Waals surface area contributed by atoms with Crippen molar-refractivity contribution in [1.82, 2.24) is 9.88 Å². The van der Waals surface area contributed by atoms with E-state index in [4.69, 9.17) is 5.73 Å². The molecular weight excluding hydrogens is 361 g/mol. The van der Waals surface area contributed by atoms with E-state index in [1.54, 1.807) is 9.80 Å². The van der Waals surface area contributed by atoms with Crippen molar-refractivity contribution in [2.24, 2.45) is 5.73 Å². The molecule has 0 bridgehead atoms. The maximum Gasteiger partial charge on any atom is 0.416 e. The highest BCUT2D eigenvalue weighted by Gasteiger charge is 2.31. The molecular formula is C18H17F3N4O2. The predicted octanol–water partition coefficient (Wildman–Crippen LogP) is 2.16. The highest BCUT2D eigenvalue weighted by molar-refractivity contribution is 5.97. The number of amides is 2. The monoisotopic (exact) mass is 378 g/mol. The summed E-state index contributed by atoms with van der Waals surface area (Å²) in [5.41, 5.74) is 5.16. The Labute approximate surface area is 153 Å². The van der Waals surface area contributed by atoms with E-state index in [9.17, 15) is 22.8 Å². The first-order valence-electron chi connectivity index (χ1n) is 8.23. The van der Waals surface area contributed by atoms with Crippen molar-refractivity contribution in [3.8, 4) is 0 Å². The van der Waals surface area contributed by atoms with Crippen LogP contribution in [0.25, 0.3) is 0 Å². The summed E-state index contributed by atoms with van der Waals surface area (Å²) in [6.07, 6.45) is -3.29. The molecule has 2 N–H and O–H groups in total. The van der Waals surface area contributed by atoms with Gasteiger partial charge in [-0.05, 0) is 36.4 Å². The minimum absolute atomic E-state index is 0.206. The average molecular weight is 378 g/mol. The van der Waals surface area contributed by atoms with Crippen LogP contribution in [0.2, 0.25) is 0 Å². The fourth-order valence-electron chi connectivity index (χ4n) is 2.87. The number of anilines is 1. The fourth-order valence-corrected chi connectivity index (χ4v) is 2.87. The molecule has 2 heterocycles. The Morgan fingerprint density at radius 3 is 2.11 bits per heavy atom. The zero-order valence-electron chi connectivity index (χ0n) is 14.2. The lowest BCUT2D eigenvalue weighted by molar-refractivity contribution is -0.137. The normalized spacial score (nSPS) is 14.9. The SMILES string of the molecule is NC(=O)c1ccc(C(=O)N2CCN(c3cc(C(F)(F)F)ccn3)CC2)cc1. The van der Waals surface area contributed by atoms with Gasteiger partial charge in [-0.1, -0.05) is 0 Å². The Morgan fingerprint density at radius 2 is 1.56 bits per heavy atom. The topological polar surface area (TPSA) is 79.5 Å². The molecule has 1 aliphatic rings. The second-order valence-corrected chi connectivity index (χ2v) is 6.12. The van der Waals surface area contributed by atoms with Gasteiger partial charge in [-0.15, -0.1) is 0 Å². The van der Waals surface area contributed by atoms with Gasteiger partial charge in [0.15, 0.2) is 0 Å². The fraction of sp³-hybridized carbons (Fsp3) is 0.278. The molecule has 2 amide bonds. The maximum atomic E-state index is 12.8. The summed E-state index contributed by atoms with van der Waals surface area (Å²) >= 11 is 0. The number of nitrogens with two attached hydrogens (primary N) is 1. The van der Waals surface area contributed by atoms with Crippen LogP contribution >= 0.6 is 0 Å². The number of benzene rings is 1. The van der Waals surface area contributed by atoms with Gasteiger partial charge < -0.3 is 15.5 Å². The molecule has 1 saturated heterocycles. The maximum absolute atomic E-state index is 12.8. The molecule has 0 spiro atoms. The van der Waals surface area contributed by atoms with Gasteiger partial charge in [0.05, 0.1) is 5.56 Å². The lowest BCUT2D eigenvalue weighted by Crippen LogP contribution is -2.49. The lowest BCUT2D eigenvalue weighted by atomic mass is 10.1. The highest BCUT2D eigenvalue weighted by Crippen LogP contribution is 2.30. The van der Waals surface area contributed by atoms with Crippen molar-refractivity contribution in [1.29, 1.82) is 0 Å². The Kier molecular flexibility index (Phi) is 5.02. The van der Waals surface area contributed by atoms with E-state index in [0.717, 1.165) is 18.3 Å². The molecule has 0 radical (unpaired) electrons. The van der Waals surface area contributed by atoms with Crippen molar-refractivity contribution < 1.29 is 22.8 Å². The van der Waals surface area contributed by atoms with E-state index in [0.29, 0.717) is 37.3 Å². The summed E-state index contributed by atoms with van der Waals surface area (Å²) in [7, 11) is 0. The third-order valence-electron chi connectivity index (χ3n) is 4.38. The van der Waals surface area contributed by atoms with Crippen LogP contribution in [0.15, 0.2) is 42.6 Å². The van der Waals surface area contributed by atoms with Crippen LogP contribution in [0.1, 0.15) is 26.3 Å². The van der Waals surface area contributed by atoms with Gasteiger partial charge in [0.25, 0.3) is 5.91 Å². The summed E-state index contributed by atoms with van der Waals surface area (Å²) in [5, 5.41) is 0. The van der Waals surface area contributed by atoms with Crippen molar-refractivity contribution in [2.45, 2.75) is 6.18 Å². The van der Waals surface area contributed by atoms with Gasteiger partial charge in [0, 0.05) is 43.5 Å². The minimum atomic E-state index is -4.42. The van der Waals surface area contributed by atoms with Gasteiger partial charge in [-0.3, -0.25) is 9.59 Å². The van der Waals surface area contributed by atoms with Gasteiger partial charge in [0.1, 0.15) is 5.82 Å². The van der Waals surface area contributed by atoms with Gasteiger partial charge in [-0.2, -0.15) is 13.2 Å². The van der Waals surface area contributed by atoms with Crippen molar-refractivity contribution in [3.05, 3.63) is 59.3 Å². The van der Waals surface area contributed by atoms with E-state index >= 15 is 0 Å². The number of rotatable bonds is 3. The number of piperazine rings is 1. The van der Waals surface area contributed by atoms with Crippen molar-refractivity contribution >= 4 is 17.6 Å². The summed E-state index contributed by atoms with van der Waals surface area (Å²) in [6, 6.07) is 7.97. The van der Waals surface area contributed by atoms with Crippen LogP contribution in [0, 0.1) is 0 Å². The van der Waals surface area contributed by atoms with Crippen LogP contribution in [0.5, 0.6) is 0 Å². The lowest BCUT2D eigenvalue weighted by Gasteiger charge is -2.35. The summed E-state index contributed by atoms with van der Waals surface area (Å²) in [5.74, 6) is -0.540. The number of hydrogen-bond acceptors (Lipinski definition) is 4. The summed E-state index contributed by atoms with van der Waals surface area (Å²) in [6.45, 7) is 1.46. The van der Waals surface area contributed by atoms with Gasteiger partial charge in [-0.25, -0.2) is 4.98 Å². The molecule has 0 aliphatic carbocycles. The zero-order valence-corrected chi connectivity index (χ0v) is 14.2. The third-order valence-corrected chi connectivity index (χ3v) is 4.38. The van der Waals surface area contributed by atoms with Gasteiger partial charge in [0.2, 0.25) is 5.91 Å². The molecule has 1 fully saturated rings. The number of primary amides is 1. The number of carbonyl (C=O) groups excluding carboxylic acids is 2. The van der Waals surface area contributed by atoms with E-state index in [-0.39, 0.29) is 11.7 Å². The van der Waals surface area contributed by atoms with Crippen LogP contribution in [-0.2, 0) is 6.18 Å². The minimum Gasteiger partial charge on any atom is -0.366 e. The molecule has 1 aliphatic heterocycles. The van der Waals surface area contributed by atoms with E-state index in [1.165, 1.54) is 24.3 Å². The van der Waals surface area contributed by atoms with Crippen molar-refractivity contribution in [2.75, 3.05) is 31.1 Å². The number of alkyl halides is 3. The second-order valence-electron chi connectivity index (χ2n) is 6.12. The molecule has 0 unspecified atom stereocenters. The summed E-state index contributed by atoms with van der Waals surface area (Å²) < 4.78 is 38.5. The third kappa shape index (κ3) is 4.18. The quantitative estimate of drug-likeness (QED) is 0.888. The molecule has 1 aromatic carbocycles. The van der Waals surface area contributed by atoms with Crippen LogP contribution in [0.4, 0.5) is 19.0 Å². The second kappa shape index (κ2) is 7.26. The molecule has 6 nitrogen and oxygen atoms in total. The zero-order chi connectivity index (χ0) is 19.6. The van der Waals surface area contributed by atoms with Crippen LogP contribution in [-0.4, -0.2) is 47.9 Å². The number of nitrogens with zero attached hydrogens (tertiary/aromatic N) is 3. The molecule has 142 valence electrons. The molecule has 2 aromatic rings. The standard InChI is InChI=1S/C18H17F3N4O2/c19-18(20,21)14-5-6-23-15(11-14)24-7-9-25(10-8-24)17(27)13-3-1-12(2-4-13)16(22)26/h1-6,11H,7-10H2,(H2,22,26). The molecule has 0 atom stereocenters.